The smallest absolute Gasteiger partial charge is 0.120 e. The van der Waals surface area contributed by atoms with Gasteiger partial charge in [-0.05, 0) is 45.0 Å². The Morgan fingerprint density at radius 2 is 2.00 bits per heavy atom. The summed E-state index contributed by atoms with van der Waals surface area (Å²) < 4.78 is 11.2. The van der Waals surface area contributed by atoms with Crippen molar-refractivity contribution in [1.29, 1.82) is 0 Å². The summed E-state index contributed by atoms with van der Waals surface area (Å²) in [7, 11) is 0. The lowest BCUT2D eigenvalue weighted by Crippen LogP contribution is -2.25. The van der Waals surface area contributed by atoms with Crippen molar-refractivity contribution in [3.05, 3.63) is 29.8 Å². The molecule has 102 valence electrons. The first-order valence-electron chi connectivity index (χ1n) is 6.75. The van der Waals surface area contributed by atoms with Crippen LogP contribution in [0, 0.1) is 0 Å². The van der Waals surface area contributed by atoms with Gasteiger partial charge in [0.1, 0.15) is 5.75 Å². The minimum atomic E-state index is 0.199. The average molecular weight is 251 g/mol. The topological polar surface area (TPSA) is 30.5 Å². The number of nitrogens with one attached hydrogen (secondary N) is 1. The van der Waals surface area contributed by atoms with Crippen LogP contribution in [0.3, 0.4) is 0 Å². The molecule has 1 aromatic carbocycles. The van der Waals surface area contributed by atoms with Gasteiger partial charge >= 0.3 is 0 Å². The SMILES string of the molecule is CCNC(COCC)c1cccc(OC(C)C)c1. The van der Waals surface area contributed by atoms with Gasteiger partial charge in [0.2, 0.25) is 0 Å². The number of rotatable bonds is 8. The lowest BCUT2D eigenvalue weighted by Gasteiger charge is -2.19. The Balaban J connectivity index is 2.76. The summed E-state index contributed by atoms with van der Waals surface area (Å²) in [4.78, 5) is 0. The molecule has 0 radical (unpaired) electrons. The van der Waals surface area contributed by atoms with Crippen molar-refractivity contribution in [2.75, 3.05) is 19.8 Å². The van der Waals surface area contributed by atoms with Crippen LogP contribution >= 0.6 is 0 Å². The first-order chi connectivity index (χ1) is 8.67. The van der Waals surface area contributed by atoms with Crippen LogP contribution in [-0.2, 0) is 4.74 Å². The van der Waals surface area contributed by atoms with E-state index in [2.05, 4.69) is 24.4 Å². The van der Waals surface area contributed by atoms with Crippen molar-refractivity contribution < 1.29 is 9.47 Å². The van der Waals surface area contributed by atoms with Gasteiger partial charge in [0, 0.05) is 6.61 Å². The third kappa shape index (κ3) is 5.07. The summed E-state index contributed by atoms with van der Waals surface area (Å²) in [5.41, 5.74) is 1.21. The standard InChI is InChI=1S/C15H25NO2/c1-5-16-15(11-17-6-2)13-8-7-9-14(10-13)18-12(3)4/h7-10,12,15-16H,5-6,11H2,1-4H3. The molecule has 0 aromatic heterocycles. The van der Waals surface area contributed by atoms with Crippen LogP contribution in [0.25, 0.3) is 0 Å². The van der Waals surface area contributed by atoms with Gasteiger partial charge in [-0.2, -0.15) is 0 Å². The minimum absolute atomic E-state index is 0.199. The summed E-state index contributed by atoms with van der Waals surface area (Å²) in [5.74, 6) is 0.918. The summed E-state index contributed by atoms with van der Waals surface area (Å²) in [6.07, 6.45) is 0.199. The average Bonchev–Trinajstić information content (AvgIpc) is 2.34. The molecular formula is C15H25NO2. The van der Waals surface area contributed by atoms with E-state index >= 15 is 0 Å². The molecule has 1 aromatic rings. The second kappa shape index (κ2) is 8.11. The van der Waals surface area contributed by atoms with Gasteiger partial charge in [0.25, 0.3) is 0 Å². The van der Waals surface area contributed by atoms with Gasteiger partial charge in [-0.3, -0.25) is 0 Å². The first kappa shape index (κ1) is 15.0. The summed E-state index contributed by atoms with van der Waals surface area (Å²) in [6, 6.07) is 8.45. The molecule has 1 rings (SSSR count). The van der Waals surface area contributed by atoms with Crippen molar-refractivity contribution in [2.24, 2.45) is 0 Å². The van der Waals surface area contributed by atoms with Gasteiger partial charge < -0.3 is 14.8 Å². The molecule has 0 bridgehead atoms. The molecule has 0 saturated heterocycles. The highest BCUT2D eigenvalue weighted by Crippen LogP contribution is 2.20. The Kier molecular flexibility index (Phi) is 6.76. The Morgan fingerprint density at radius 1 is 1.22 bits per heavy atom. The summed E-state index contributed by atoms with van der Waals surface area (Å²) >= 11 is 0. The number of benzene rings is 1. The maximum atomic E-state index is 5.72. The molecule has 0 amide bonds. The van der Waals surface area contributed by atoms with Crippen LogP contribution < -0.4 is 10.1 Å². The van der Waals surface area contributed by atoms with E-state index in [0.29, 0.717) is 6.61 Å². The number of hydrogen-bond donors (Lipinski definition) is 1. The Hall–Kier alpha value is -1.06. The van der Waals surface area contributed by atoms with Crippen LogP contribution in [0.4, 0.5) is 0 Å². The molecule has 0 aliphatic heterocycles. The molecule has 1 N–H and O–H groups in total. The monoisotopic (exact) mass is 251 g/mol. The highest BCUT2D eigenvalue weighted by molar-refractivity contribution is 5.30. The second-order valence-corrected chi connectivity index (χ2v) is 4.51. The summed E-state index contributed by atoms with van der Waals surface area (Å²) in [6.45, 7) is 10.5. The number of hydrogen-bond acceptors (Lipinski definition) is 3. The molecule has 0 heterocycles. The van der Waals surface area contributed by atoms with Crippen molar-refractivity contribution >= 4 is 0 Å². The van der Waals surface area contributed by atoms with Crippen molar-refractivity contribution in [1.82, 2.24) is 5.32 Å². The molecule has 3 nitrogen and oxygen atoms in total. The maximum absolute atomic E-state index is 5.72. The zero-order valence-electron chi connectivity index (χ0n) is 11.9. The fourth-order valence-electron chi connectivity index (χ4n) is 1.83. The largest absolute Gasteiger partial charge is 0.491 e. The van der Waals surface area contributed by atoms with Gasteiger partial charge in [-0.15, -0.1) is 0 Å². The minimum Gasteiger partial charge on any atom is -0.491 e. The van der Waals surface area contributed by atoms with Crippen LogP contribution in [0.5, 0.6) is 5.75 Å². The fraction of sp³-hybridized carbons (Fsp3) is 0.600. The molecular weight excluding hydrogens is 226 g/mol. The van der Waals surface area contributed by atoms with Crippen LogP contribution in [0.1, 0.15) is 39.3 Å². The number of ether oxygens (including phenoxy) is 2. The molecule has 3 heteroatoms. The van der Waals surface area contributed by atoms with E-state index in [1.165, 1.54) is 5.56 Å². The molecule has 1 unspecified atom stereocenters. The normalized spacial score (nSPS) is 12.7. The van der Waals surface area contributed by atoms with E-state index in [1.807, 2.05) is 32.9 Å². The van der Waals surface area contributed by atoms with Gasteiger partial charge in [0.05, 0.1) is 18.8 Å². The Labute approximate surface area is 110 Å². The van der Waals surface area contributed by atoms with E-state index in [4.69, 9.17) is 9.47 Å². The molecule has 0 aliphatic rings. The lowest BCUT2D eigenvalue weighted by molar-refractivity contribution is 0.123. The molecule has 0 saturated carbocycles. The van der Waals surface area contributed by atoms with Crippen molar-refractivity contribution in [2.45, 2.75) is 39.8 Å². The van der Waals surface area contributed by atoms with Crippen LogP contribution in [-0.4, -0.2) is 25.9 Å². The molecule has 0 aliphatic carbocycles. The maximum Gasteiger partial charge on any atom is 0.120 e. The zero-order valence-corrected chi connectivity index (χ0v) is 11.9. The van der Waals surface area contributed by atoms with Gasteiger partial charge in [-0.1, -0.05) is 19.1 Å². The zero-order chi connectivity index (χ0) is 13.4. The van der Waals surface area contributed by atoms with Gasteiger partial charge in [0.15, 0.2) is 0 Å². The molecule has 1 atom stereocenters. The molecule has 0 spiro atoms. The highest BCUT2D eigenvalue weighted by Gasteiger charge is 2.11. The first-order valence-corrected chi connectivity index (χ1v) is 6.75. The molecule has 0 fully saturated rings. The predicted octanol–water partition coefficient (Wildman–Crippen LogP) is 3.16. The van der Waals surface area contributed by atoms with E-state index < -0.39 is 0 Å². The van der Waals surface area contributed by atoms with E-state index in [1.54, 1.807) is 0 Å². The Bertz CT molecular complexity index is 339. The third-order valence-electron chi connectivity index (χ3n) is 2.57. The van der Waals surface area contributed by atoms with E-state index in [-0.39, 0.29) is 12.1 Å². The van der Waals surface area contributed by atoms with Crippen molar-refractivity contribution in [3.8, 4) is 5.75 Å². The predicted molar refractivity (Wildman–Crippen MR) is 75.1 cm³/mol. The summed E-state index contributed by atoms with van der Waals surface area (Å²) in [5, 5.41) is 3.43. The van der Waals surface area contributed by atoms with Gasteiger partial charge in [-0.25, -0.2) is 0 Å². The number of likely N-dealkylation sites (N-methyl/N-ethyl adjacent to an activating group) is 1. The van der Waals surface area contributed by atoms with E-state index in [0.717, 1.165) is 18.9 Å². The van der Waals surface area contributed by atoms with Crippen LogP contribution in [0.15, 0.2) is 24.3 Å². The van der Waals surface area contributed by atoms with Crippen molar-refractivity contribution in [3.63, 3.8) is 0 Å². The highest BCUT2D eigenvalue weighted by atomic mass is 16.5. The third-order valence-corrected chi connectivity index (χ3v) is 2.57. The molecule has 18 heavy (non-hydrogen) atoms. The fourth-order valence-corrected chi connectivity index (χ4v) is 1.83. The second-order valence-electron chi connectivity index (χ2n) is 4.51. The Morgan fingerprint density at radius 3 is 2.61 bits per heavy atom. The quantitative estimate of drug-likeness (QED) is 0.770. The lowest BCUT2D eigenvalue weighted by atomic mass is 10.1. The van der Waals surface area contributed by atoms with E-state index in [9.17, 15) is 0 Å². The van der Waals surface area contributed by atoms with Crippen LogP contribution in [0.2, 0.25) is 0 Å².